The van der Waals surface area contributed by atoms with Crippen LogP contribution in [0.1, 0.15) is 6.42 Å². The van der Waals surface area contributed by atoms with Crippen molar-refractivity contribution in [2.24, 2.45) is 0 Å². The van der Waals surface area contributed by atoms with Crippen LogP contribution in [-0.2, 0) is 19.2 Å². The molecule has 0 heterocycles. The van der Waals surface area contributed by atoms with E-state index in [1.807, 2.05) is 0 Å². The van der Waals surface area contributed by atoms with Gasteiger partial charge in [-0.05, 0) is 0 Å². The Kier molecular flexibility index (Phi) is 6.38. The van der Waals surface area contributed by atoms with E-state index in [4.69, 9.17) is 20.4 Å². The second-order valence-electron chi connectivity index (χ2n) is 2.37. The van der Waals surface area contributed by atoms with E-state index in [2.05, 4.69) is 0 Å². The van der Waals surface area contributed by atoms with Crippen LogP contribution in [0.25, 0.3) is 0 Å². The summed E-state index contributed by atoms with van der Waals surface area (Å²) in [6.45, 7) is 0. The Labute approximate surface area is 105 Å². The fourth-order valence-electron chi connectivity index (χ4n) is 0.649. The van der Waals surface area contributed by atoms with Crippen molar-refractivity contribution in [3.8, 4) is 0 Å². The van der Waals surface area contributed by atoms with Crippen molar-refractivity contribution >= 4 is 53.2 Å². The Balaban J connectivity index is 0. The quantitative estimate of drug-likeness (QED) is 0.226. The maximum atomic E-state index is 10.6. The van der Waals surface area contributed by atoms with Crippen molar-refractivity contribution in [2.75, 3.05) is 0 Å². The Morgan fingerprint density at radius 1 is 1.00 bits per heavy atom. The Morgan fingerprint density at radius 2 is 1.40 bits per heavy atom. The zero-order valence-electron chi connectivity index (χ0n) is 6.63. The minimum absolute atomic E-state index is 0. The van der Waals surface area contributed by atoms with Crippen LogP contribution < -0.4 is 0 Å². The second-order valence-corrected chi connectivity index (χ2v) is 2.37. The normalized spacial score (nSPS) is 13.1. The van der Waals surface area contributed by atoms with Gasteiger partial charge < -0.3 is 20.4 Å². The van der Waals surface area contributed by atoms with Gasteiger partial charge in [0.2, 0.25) is 5.60 Å². The second kappa shape index (κ2) is 5.81. The summed E-state index contributed by atoms with van der Waals surface area (Å²) >= 11 is 0. The van der Waals surface area contributed by atoms with Crippen molar-refractivity contribution in [1.29, 1.82) is 0 Å². The van der Waals surface area contributed by atoms with E-state index in [-0.39, 0.29) is 29.6 Å². The summed E-state index contributed by atoms with van der Waals surface area (Å²) in [4.78, 5) is 41.1. The molecule has 0 aliphatic heterocycles. The number of Topliss-reactive ketones (excluding diaryl/α,β-unsaturated/α-hetero) is 1. The molecular formula is C6H7NaO8. The van der Waals surface area contributed by atoms with Crippen LogP contribution in [0, 0.1) is 0 Å². The van der Waals surface area contributed by atoms with E-state index in [0.29, 0.717) is 0 Å². The predicted molar refractivity (Wildman–Crippen MR) is 44.6 cm³/mol. The van der Waals surface area contributed by atoms with E-state index >= 15 is 0 Å². The third-order valence-corrected chi connectivity index (χ3v) is 1.33. The summed E-state index contributed by atoms with van der Waals surface area (Å²) in [6.07, 6.45) is -1.51. The molecule has 80 valence electrons. The summed E-state index contributed by atoms with van der Waals surface area (Å²) in [6, 6.07) is 0. The molecule has 8 nitrogen and oxygen atoms in total. The molecule has 1 atom stereocenters. The summed E-state index contributed by atoms with van der Waals surface area (Å²) in [7, 11) is 0. The van der Waals surface area contributed by atoms with Gasteiger partial charge in [-0.2, -0.15) is 0 Å². The monoisotopic (exact) mass is 230 g/mol. The van der Waals surface area contributed by atoms with Gasteiger partial charge in [0.05, 0.1) is 6.42 Å². The fraction of sp³-hybridized carbons (Fsp3) is 0.333. The number of carboxylic acid groups (broad SMARTS) is 3. The van der Waals surface area contributed by atoms with Crippen molar-refractivity contribution < 1.29 is 39.6 Å². The van der Waals surface area contributed by atoms with Crippen LogP contribution in [-0.4, -0.2) is 79.3 Å². The number of aliphatic carboxylic acids is 3. The van der Waals surface area contributed by atoms with Gasteiger partial charge in [-0.3, -0.25) is 9.59 Å². The van der Waals surface area contributed by atoms with Crippen molar-refractivity contribution in [3.05, 3.63) is 0 Å². The zero-order valence-corrected chi connectivity index (χ0v) is 6.63. The first-order valence-corrected chi connectivity index (χ1v) is 3.17. The number of carboxylic acids is 3. The molecule has 0 aromatic rings. The van der Waals surface area contributed by atoms with E-state index in [9.17, 15) is 19.2 Å². The Morgan fingerprint density at radius 3 is 1.60 bits per heavy atom. The Hall–Kier alpha value is -0.960. The first kappa shape index (κ1) is 16.5. The number of aliphatic hydroxyl groups is 1. The van der Waals surface area contributed by atoms with Gasteiger partial charge in [0.25, 0.3) is 5.78 Å². The Bertz CT molecular complexity index is 310. The van der Waals surface area contributed by atoms with E-state index in [1.54, 1.807) is 0 Å². The molecule has 0 aliphatic carbocycles. The molecule has 9 heteroatoms. The molecule has 0 aromatic carbocycles. The van der Waals surface area contributed by atoms with Crippen LogP contribution in [0.2, 0.25) is 0 Å². The van der Waals surface area contributed by atoms with Gasteiger partial charge in [-0.1, -0.05) is 0 Å². The van der Waals surface area contributed by atoms with Crippen LogP contribution in [0.15, 0.2) is 0 Å². The molecule has 0 fully saturated rings. The molecule has 0 aliphatic rings. The van der Waals surface area contributed by atoms with Crippen LogP contribution in [0.4, 0.5) is 0 Å². The van der Waals surface area contributed by atoms with Crippen molar-refractivity contribution in [1.82, 2.24) is 0 Å². The summed E-state index contributed by atoms with van der Waals surface area (Å²) in [5, 5.41) is 33.6. The molecular weight excluding hydrogens is 223 g/mol. The molecule has 0 radical (unpaired) electrons. The van der Waals surface area contributed by atoms with Crippen LogP contribution in [0.3, 0.4) is 0 Å². The van der Waals surface area contributed by atoms with E-state index < -0.39 is 35.7 Å². The third-order valence-electron chi connectivity index (χ3n) is 1.33. The molecule has 0 bridgehead atoms. The number of carbonyl (C=O) groups is 4. The zero-order chi connectivity index (χ0) is 11.5. The fourth-order valence-corrected chi connectivity index (χ4v) is 0.649. The SMILES string of the molecule is O=C(O)CC(O)(C(=O)O)C(=O)C(=O)O.[NaH]. The number of carbonyl (C=O) groups excluding carboxylic acids is 1. The van der Waals surface area contributed by atoms with Crippen LogP contribution in [0.5, 0.6) is 0 Å². The first-order chi connectivity index (χ1) is 6.21. The van der Waals surface area contributed by atoms with Gasteiger partial charge in [-0.15, -0.1) is 0 Å². The third kappa shape index (κ3) is 3.96. The average Bonchev–Trinajstić information content (AvgIpc) is 2.00. The summed E-state index contributed by atoms with van der Waals surface area (Å²) in [5.74, 6) is -8.32. The van der Waals surface area contributed by atoms with Gasteiger partial charge >= 0.3 is 47.5 Å². The van der Waals surface area contributed by atoms with Gasteiger partial charge in [0.1, 0.15) is 0 Å². The number of hydrogen-bond acceptors (Lipinski definition) is 5. The van der Waals surface area contributed by atoms with Crippen molar-refractivity contribution in [3.63, 3.8) is 0 Å². The molecule has 4 N–H and O–H groups in total. The minimum atomic E-state index is -3.42. The predicted octanol–water partition coefficient (Wildman–Crippen LogP) is -2.72. The molecule has 0 saturated carbocycles. The van der Waals surface area contributed by atoms with E-state index in [1.165, 1.54) is 0 Å². The molecule has 0 rings (SSSR count). The number of rotatable bonds is 5. The standard InChI is InChI=1S/C6H6O8.Na.H/c7-2(8)1-6(14,5(12)13)3(9)4(10)11;;/h14H,1H2,(H,7,8)(H,10,11)(H,12,13);;. The van der Waals surface area contributed by atoms with E-state index in [0.717, 1.165) is 0 Å². The summed E-state index contributed by atoms with van der Waals surface area (Å²) in [5.41, 5.74) is -3.42. The average molecular weight is 230 g/mol. The topological polar surface area (TPSA) is 149 Å². The molecule has 0 amide bonds. The molecule has 0 saturated heterocycles. The van der Waals surface area contributed by atoms with Gasteiger partial charge in [0, 0.05) is 0 Å². The van der Waals surface area contributed by atoms with Gasteiger partial charge in [0.15, 0.2) is 0 Å². The molecule has 15 heavy (non-hydrogen) atoms. The number of hydrogen-bond donors (Lipinski definition) is 4. The molecule has 0 aromatic heterocycles. The number of ketones is 1. The summed E-state index contributed by atoms with van der Waals surface area (Å²) < 4.78 is 0. The van der Waals surface area contributed by atoms with Gasteiger partial charge in [-0.25, -0.2) is 9.59 Å². The first-order valence-electron chi connectivity index (χ1n) is 3.17. The maximum absolute atomic E-state index is 10.6. The van der Waals surface area contributed by atoms with Crippen molar-refractivity contribution in [2.45, 2.75) is 12.0 Å². The molecule has 1 unspecified atom stereocenters. The molecule has 0 spiro atoms. The van der Waals surface area contributed by atoms with Crippen LogP contribution >= 0.6 is 0 Å².